The van der Waals surface area contributed by atoms with Gasteiger partial charge in [-0.3, -0.25) is 0 Å². The van der Waals surface area contributed by atoms with Crippen LogP contribution in [0.15, 0.2) is 91.2 Å². The molecular weight excluding hydrogens is 581 g/mol. The second-order valence-corrected chi connectivity index (χ2v) is 9.89. The van der Waals surface area contributed by atoms with Crippen molar-refractivity contribution in [1.29, 1.82) is 0 Å². The first-order valence-corrected chi connectivity index (χ1v) is 14.4. The summed E-state index contributed by atoms with van der Waals surface area (Å²) < 4.78 is 2.01. The molecule has 0 radical (unpaired) electrons. The lowest BCUT2D eigenvalue weighted by Gasteiger charge is -2.17. The van der Waals surface area contributed by atoms with Gasteiger partial charge in [0.25, 0.3) is 0 Å². The van der Waals surface area contributed by atoms with Crippen molar-refractivity contribution >= 4 is 27.9 Å². The van der Waals surface area contributed by atoms with Crippen LogP contribution in [0.1, 0.15) is 19.4 Å². The van der Waals surface area contributed by atoms with Gasteiger partial charge in [-0.1, -0.05) is 48.5 Å². The fourth-order valence-electron chi connectivity index (χ4n) is 4.58. The Kier molecular flexibility index (Phi) is 12.3. The van der Waals surface area contributed by atoms with Gasteiger partial charge in [0, 0.05) is 94.7 Å². The summed E-state index contributed by atoms with van der Waals surface area (Å²) in [7, 11) is 0. The Morgan fingerprint density at radius 3 is 1.69 bits per heavy atom. The third-order valence-electron chi connectivity index (χ3n) is 6.50. The molecule has 2 heteroatoms. The summed E-state index contributed by atoms with van der Waals surface area (Å²) in [6.07, 6.45) is 13.0. The first-order valence-electron chi connectivity index (χ1n) is 14.4. The molecule has 1 aliphatic rings. The molecule has 1 N–H and O–H groups in total. The maximum absolute atomic E-state index is 4.98. The minimum Gasteiger partial charge on any atom is -0.362 e. The number of nitrogens with zero attached hydrogens (tertiary/aromatic N) is 1. The van der Waals surface area contributed by atoms with Crippen LogP contribution in [-0.4, -0.2) is 10.3 Å². The van der Waals surface area contributed by atoms with Crippen molar-refractivity contribution in [3.05, 3.63) is 96.7 Å². The lowest BCUT2D eigenvalue weighted by Crippen LogP contribution is -2.26. The Labute approximate surface area is 283 Å². The number of terminal acetylenes is 1. The number of para-hydroxylation sites is 1. The molecule has 0 unspecified atom stereocenters. The molecule has 0 saturated carbocycles. The molecule has 3 aromatic carbocycles. The van der Waals surface area contributed by atoms with Crippen molar-refractivity contribution in [2.75, 3.05) is 5.32 Å². The molecule has 48 heavy (non-hydrogen) atoms. The van der Waals surface area contributed by atoms with E-state index in [2.05, 4.69) is 186 Å². The Morgan fingerprint density at radius 2 is 1.10 bits per heavy atom. The Morgan fingerprint density at radius 1 is 0.583 bits per heavy atom. The molecule has 1 heterocycles. The molecule has 0 bridgehead atoms. The fraction of sp³-hybridized carbons (Fsp3) is 0.0652. The number of hydrogen-bond donors (Lipinski definition) is 1. The molecule has 1 aliphatic heterocycles. The van der Waals surface area contributed by atoms with E-state index in [-0.39, 0.29) is 5.41 Å². The normalized spacial score (nSPS) is 10.6. The molecule has 0 aromatic heterocycles. The van der Waals surface area contributed by atoms with Gasteiger partial charge in [0.1, 0.15) is 0 Å². The summed E-state index contributed by atoms with van der Waals surface area (Å²) in [5, 5.41) is 5.67. The summed E-state index contributed by atoms with van der Waals surface area (Å²) in [6, 6.07) is 25.9. The Bertz CT molecular complexity index is 2550. The molecular formula is C46H23N2+. The lowest BCUT2D eigenvalue weighted by atomic mass is 9.79. The molecule has 0 spiro atoms. The summed E-state index contributed by atoms with van der Waals surface area (Å²) in [5.74, 6) is 51.2. The number of hydrogen-bond acceptors (Lipinski definition) is 1. The van der Waals surface area contributed by atoms with Crippen molar-refractivity contribution < 1.29 is 4.58 Å². The predicted octanol–water partition coefficient (Wildman–Crippen LogP) is 6.02. The maximum Gasteiger partial charge on any atom is 0.243 e. The molecule has 3 aromatic rings. The number of benzene rings is 3. The van der Waals surface area contributed by atoms with Crippen LogP contribution in [0.3, 0.4) is 0 Å². The van der Waals surface area contributed by atoms with Crippen LogP contribution < -0.4 is 5.32 Å². The zero-order valence-corrected chi connectivity index (χ0v) is 26.2. The number of anilines is 1. The zero-order valence-electron chi connectivity index (χ0n) is 26.2. The summed E-state index contributed by atoms with van der Waals surface area (Å²) in [5.41, 5.74) is 4.03. The van der Waals surface area contributed by atoms with Gasteiger partial charge in [0.05, 0.1) is 11.3 Å². The SMILES string of the molecule is C#CC#CC#CC#CC#CC#CC#CC#CC#CC#CC#C[N+]1=C(/C=C/C=C/Nc2ccccc2)C(C)(C)c2c1ccc1ccccc21. The van der Waals surface area contributed by atoms with Gasteiger partial charge < -0.3 is 5.32 Å². The molecule has 0 amide bonds. The highest BCUT2D eigenvalue weighted by Crippen LogP contribution is 2.43. The van der Waals surface area contributed by atoms with Crippen LogP contribution in [0.4, 0.5) is 11.4 Å². The first kappa shape index (κ1) is 32.9. The second-order valence-electron chi connectivity index (χ2n) is 9.89. The highest BCUT2D eigenvalue weighted by molar-refractivity contribution is 6.08. The smallest absolute Gasteiger partial charge is 0.243 e. The fourth-order valence-corrected chi connectivity index (χ4v) is 4.58. The first-order chi connectivity index (χ1) is 23.6. The quantitative estimate of drug-likeness (QED) is 0.219. The van der Waals surface area contributed by atoms with Crippen LogP contribution in [0, 0.1) is 131 Å². The molecule has 216 valence electrons. The molecule has 0 aliphatic carbocycles. The van der Waals surface area contributed by atoms with Crippen molar-refractivity contribution in [3.63, 3.8) is 0 Å². The molecule has 0 fully saturated rings. The van der Waals surface area contributed by atoms with E-state index < -0.39 is 0 Å². The van der Waals surface area contributed by atoms with Gasteiger partial charge in [0.15, 0.2) is 0 Å². The van der Waals surface area contributed by atoms with Gasteiger partial charge in [-0.2, -0.15) is 0 Å². The zero-order chi connectivity index (χ0) is 33.7. The minimum absolute atomic E-state index is 0.301. The number of rotatable bonds is 4. The average molecular weight is 604 g/mol. The highest BCUT2D eigenvalue weighted by atomic mass is 15.0. The van der Waals surface area contributed by atoms with Gasteiger partial charge in [-0.25, -0.2) is 0 Å². The number of fused-ring (bicyclic) bond motifs is 3. The minimum atomic E-state index is -0.301. The third kappa shape index (κ3) is 9.52. The largest absolute Gasteiger partial charge is 0.362 e. The van der Waals surface area contributed by atoms with E-state index in [1.54, 1.807) is 0 Å². The number of nitrogens with one attached hydrogen (secondary N) is 1. The van der Waals surface area contributed by atoms with Crippen molar-refractivity contribution in [3.8, 4) is 131 Å². The monoisotopic (exact) mass is 603 g/mol. The van der Waals surface area contributed by atoms with E-state index in [0.29, 0.717) is 0 Å². The third-order valence-corrected chi connectivity index (χ3v) is 6.50. The lowest BCUT2D eigenvalue weighted by molar-refractivity contribution is -0.332. The van der Waals surface area contributed by atoms with E-state index >= 15 is 0 Å². The highest BCUT2D eigenvalue weighted by Gasteiger charge is 2.45. The van der Waals surface area contributed by atoms with E-state index in [1.165, 1.54) is 16.3 Å². The van der Waals surface area contributed by atoms with Crippen LogP contribution in [0.25, 0.3) is 10.8 Å². The van der Waals surface area contributed by atoms with Crippen LogP contribution in [0.2, 0.25) is 0 Å². The van der Waals surface area contributed by atoms with Crippen molar-refractivity contribution in [2.24, 2.45) is 0 Å². The molecule has 2 nitrogen and oxygen atoms in total. The maximum atomic E-state index is 4.98. The van der Waals surface area contributed by atoms with Gasteiger partial charge in [-0.05, 0) is 96.3 Å². The summed E-state index contributed by atoms with van der Waals surface area (Å²) >= 11 is 0. The summed E-state index contributed by atoms with van der Waals surface area (Å²) in [4.78, 5) is 0. The Balaban J connectivity index is 1.48. The van der Waals surface area contributed by atoms with E-state index in [0.717, 1.165) is 17.1 Å². The van der Waals surface area contributed by atoms with Crippen molar-refractivity contribution in [1.82, 2.24) is 0 Å². The summed E-state index contributed by atoms with van der Waals surface area (Å²) in [6.45, 7) is 4.44. The van der Waals surface area contributed by atoms with Crippen LogP contribution in [0.5, 0.6) is 0 Å². The van der Waals surface area contributed by atoms with Crippen molar-refractivity contribution in [2.45, 2.75) is 19.3 Å². The second kappa shape index (κ2) is 18.0. The van der Waals surface area contributed by atoms with E-state index in [4.69, 9.17) is 6.42 Å². The topological polar surface area (TPSA) is 15.0 Å². The van der Waals surface area contributed by atoms with Crippen LogP contribution >= 0.6 is 0 Å². The Hall–Kier alpha value is -7.97. The van der Waals surface area contributed by atoms with Gasteiger partial charge >= 0.3 is 0 Å². The van der Waals surface area contributed by atoms with E-state index in [9.17, 15) is 0 Å². The standard InChI is InChI=1S/C46H22N2/c1-4-5-6-7-8-9-10-11-12-13-14-15-16-17-18-19-20-21-22-30-39-48-43-37-36-40-31-26-27-34-42(40)45(43)46(2,3)44(48)35-28-29-38-47-41-32-24-23-25-33-41/h1,23-29,31-38H,2-3H3/p+1. The molecule has 4 rings (SSSR count). The molecule has 0 saturated heterocycles. The predicted molar refractivity (Wildman–Crippen MR) is 197 cm³/mol. The average Bonchev–Trinajstić information content (AvgIpc) is 3.32. The van der Waals surface area contributed by atoms with Crippen LogP contribution in [-0.2, 0) is 5.41 Å². The number of allylic oxidation sites excluding steroid dienone is 3. The molecule has 0 atom stereocenters. The van der Waals surface area contributed by atoms with Gasteiger partial charge in [0.2, 0.25) is 17.4 Å². The van der Waals surface area contributed by atoms with Gasteiger partial charge in [-0.15, -0.1) is 11.0 Å². The van der Waals surface area contributed by atoms with E-state index in [1.807, 2.05) is 53.3 Å².